The minimum Gasteiger partial charge on any atom is -0.355 e. The Morgan fingerprint density at radius 2 is 2.53 bits per heavy atom. The van der Waals surface area contributed by atoms with E-state index in [0.717, 1.165) is 16.8 Å². The first-order valence-corrected chi connectivity index (χ1v) is 7.00. The van der Waals surface area contributed by atoms with Crippen LogP contribution in [0.2, 0.25) is 0 Å². The number of rotatable bonds is 5. The zero-order valence-electron chi connectivity index (χ0n) is 8.44. The molecule has 1 saturated carbocycles. The molecule has 0 saturated heterocycles. The van der Waals surface area contributed by atoms with Gasteiger partial charge in [-0.2, -0.15) is 0 Å². The van der Waals surface area contributed by atoms with Gasteiger partial charge in [-0.3, -0.25) is 4.79 Å². The van der Waals surface area contributed by atoms with Crippen molar-refractivity contribution < 1.29 is 4.79 Å². The monoisotopic (exact) mass is 242 g/mol. The largest absolute Gasteiger partial charge is 0.355 e. The van der Waals surface area contributed by atoms with E-state index >= 15 is 0 Å². The summed E-state index contributed by atoms with van der Waals surface area (Å²) in [6.45, 7) is 0.858. The van der Waals surface area contributed by atoms with Crippen LogP contribution in [0, 0.1) is 5.92 Å². The molecule has 0 aromatic carbocycles. The SMILES string of the molecule is O=C(CSc1nccs1)NCC1CCC1. The molecule has 2 rings (SSSR count). The highest BCUT2D eigenvalue weighted by atomic mass is 32.2. The Hall–Kier alpha value is -0.550. The molecule has 0 bridgehead atoms. The van der Waals surface area contributed by atoms with Crippen molar-refractivity contribution in [1.29, 1.82) is 0 Å². The fourth-order valence-electron chi connectivity index (χ4n) is 1.42. The van der Waals surface area contributed by atoms with Crippen LogP contribution in [0.1, 0.15) is 19.3 Å². The lowest BCUT2D eigenvalue weighted by Crippen LogP contribution is -2.33. The molecule has 1 aromatic heterocycles. The third-order valence-corrected chi connectivity index (χ3v) is 4.52. The van der Waals surface area contributed by atoms with Crippen molar-refractivity contribution in [3.8, 4) is 0 Å². The molecular formula is C10H14N2OS2. The molecule has 1 aliphatic carbocycles. The maximum absolute atomic E-state index is 11.4. The third-order valence-electron chi connectivity index (χ3n) is 2.55. The predicted octanol–water partition coefficient (Wildman–Crippen LogP) is 2.15. The van der Waals surface area contributed by atoms with Crippen LogP contribution < -0.4 is 5.32 Å². The highest BCUT2D eigenvalue weighted by Crippen LogP contribution is 2.25. The lowest BCUT2D eigenvalue weighted by molar-refractivity contribution is -0.118. The number of aromatic nitrogens is 1. The fraction of sp³-hybridized carbons (Fsp3) is 0.600. The summed E-state index contributed by atoms with van der Waals surface area (Å²) in [7, 11) is 0. The van der Waals surface area contributed by atoms with E-state index < -0.39 is 0 Å². The first-order chi connectivity index (χ1) is 7.34. The van der Waals surface area contributed by atoms with Gasteiger partial charge in [-0.25, -0.2) is 4.98 Å². The standard InChI is InChI=1S/C10H14N2OS2/c13-9(12-6-8-2-1-3-8)7-15-10-11-4-5-14-10/h4-5,8H,1-3,6-7H2,(H,12,13). The molecule has 0 unspecified atom stereocenters. The summed E-state index contributed by atoms with van der Waals surface area (Å²) in [4.78, 5) is 15.5. The van der Waals surface area contributed by atoms with E-state index in [0.29, 0.717) is 5.75 Å². The summed E-state index contributed by atoms with van der Waals surface area (Å²) in [6.07, 6.45) is 5.65. The second-order valence-corrected chi connectivity index (χ2v) is 5.80. The normalized spacial score (nSPS) is 16.0. The molecule has 0 spiro atoms. The third kappa shape index (κ3) is 3.50. The van der Waals surface area contributed by atoms with Gasteiger partial charge in [0.15, 0.2) is 0 Å². The van der Waals surface area contributed by atoms with E-state index in [9.17, 15) is 4.79 Å². The molecule has 0 atom stereocenters. The minimum absolute atomic E-state index is 0.127. The first kappa shape index (κ1) is 11.0. The van der Waals surface area contributed by atoms with Crippen molar-refractivity contribution in [1.82, 2.24) is 10.3 Å². The predicted molar refractivity (Wildman–Crippen MR) is 63.2 cm³/mol. The summed E-state index contributed by atoms with van der Waals surface area (Å²) >= 11 is 3.08. The maximum Gasteiger partial charge on any atom is 0.230 e. The van der Waals surface area contributed by atoms with Crippen LogP contribution in [0.4, 0.5) is 0 Å². The minimum atomic E-state index is 0.127. The number of nitrogens with one attached hydrogen (secondary N) is 1. The smallest absolute Gasteiger partial charge is 0.230 e. The average molecular weight is 242 g/mol. The number of thioether (sulfide) groups is 1. The zero-order valence-corrected chi connectivity index (χ0v) is 10.1. The Kier molecular flexibility index (Phi) is 4.02. The molecule has 82 valence electrons. The molecule has 1 fully saturated rings. The Morgan fingerprint density at radius 1 is 1.67 bits per heavy atom. The van der Waals surface area contributed by atoms with Gasteiger partial charge in [0.2, 0.25) is 5.91 Å². The van der Waals surface area contributed by atoms with E-state index in [1.807, 2.05) is 5.38 Å². The molecule has 5 heteroatoms. The first-order valence-electron chi connectivity index (χ1n) is 5.13. The van der Waals surface area contributed by atoms with E-state index in [1.165, 1.54) is 31.0 Å². The van der Waals surface area contributed by atoms with Gasteiger partial charge in [-0.15, -0.1) is 11.3 Å². The van der Waals surface area contributed by atoms with Crippen LogP contribution in [-0.2, 0) is 4.79 Å². The van der Waals surface area contributed by atoms with Crippen LogP contribution in [0.3, 0.4) is 0 Å². The number of thiazole rings is 1. The number of amides is 1. The maximum atomic E-state index is 11.4. The van der Waals surface area contributed by atoms with Gasteiger partial charge in [0, 0.05) is 18.1 Å². The molecule has 1 aliphatic rings. The number of carbonyl (C=O) groups is 1. The Labute approximate surface area is 97.7 Å². The highest BCUT2D eigenvalue weighted by Gasteiger charge is 2.17. The molecule has 0 aliphatic heterocycles. The van der Waals surface area contributed by atoms with Crippen molar-refractivity contribution in [2.75, 3.05) is 12.3 Å². The lowest BCUT2D eigenvalue weighted by atomic mass is 9.85. The summed E-state index contributed by atoms with van der Waals surface area (Å²) in [5, 5.41) is 4.89. The summed E-state index contributed by atoms with van der Waals surface area (Å²) < 4.78 is 0.966. The van der Waals surface area contributed by atoms with Crippen LogP contribution in [0.5, 0.6) is 0 Å². The van der Waals surface area contributed by atoms with Gasteiger partial charge in [-0.05, 0) is 18.8 Å². The van der Waals surface area contributed by atoms with Gasteiger partial charge >= 0.3 is 0 Å². The van der Waals surface area contributed by atoms with Crippen molar-refractivity contribution in [2.24, 2.45) is 5.92 Å². The van der Waals surface area contributed by atoms with Gasteiger partial charge in [-0.1, -0.05) is 18.2 Å². The number of carbonyl (C=O) groups excluding carboxylic acids is 1. The van der Waals surface area contributed by atoms with Crippen molar-refractivity contribution >= 4 is 29.0 Å². The van der Waals surface area contributed by atoms with Crippen molar-refractivity contribution in [3.63, 3.8) is 0 Å². The second kappa shape index (κ2) is 5.51. The molecule has 1 heterocycles. The average Bonchev–Trinajstić information content (AvgIpc) is 2.64. The zero-order chi connectivity index (χ0) is 10.5. The van der Waals surface area contributed by atoms with Gasteiger partial charge in [0.25, 0.3) is 0 Å². The fourth-order valence-corrected chi connectivity index (χ4v) is 2.88. The van der Waals surface area contributed by atoms with Crippen LogP contribution in [0.15, 0.2) is 15.9 Å². The summed E-state index contributed by atoms with van der Waals surface area (Å²) in [6, 6.07) is 0. The molecule has 1 aromatic rings. The Bertz CT molecular complexity index is 309. The van der Waals surface area contributed by atoms with E-state index in [-0.39, 0.29) is 5.91 Å². The number of hydrogen-bond acceptors (Lipinski definition) is 4. The van der Waals surface area contributed by atoms with Gasteiger partial charge < -0.3 is 5.32 Å². The highest BCUT2D eigenvalue weighted by molar-refractivity contribution is 8.01. The van der Waals surface area contributed by atoms with Crippen LogP contribution in [-0.4, -0.2) is 23.2 Å². The topological polar surface area (TPSA) is 42.0 Å². The van der Waals surface area contributed by atoms with E-state index in [2.05, 4.69) is 10.3 Å². The van der Waals surface area contributed by atoms with E-state index in [4.69, 9.17) is 0 Å². The Morgan fingerprint density at radius 3 is 3.13 bits per heavy atom. The molecule has 1 amide bonds. The van der Waals surface area contributed by atoms with Gasteiger partial charge in [0.1, 0.15) is 4.34 Å². The van der Waals surface area contributed by atoms with Gasteiger partial charge in [0.05, 0.1) is 5.75 Å². The van der Waals surface area contributed by atoms with Crippen LogP contribution >= 0.6 is 23.1 Å². The molecule has 3 nitrogen and oxygen atoms in total. The van der Waals surface area contributed by atoms with Crippen molar-refractivity contribution in [2.45, 2.75) is 23.6 Å². The number of hydrogen-bond donors (Lipinski definition) is 1. The molecule has 1 N–H and O–H groups in total. The summed E-state index contributed by atoms with van der Waals surface area (Å²) in [5.74, 6) is 1.35. The lowest BCUT2D eigenvalue weighted by Gasteiger charge is -2.25. The number of nitrogens with zero attached hydrogens (tertiary/aromatic N) is 1. The van der Waals surface area contributed by atoms with E-state index in [1.54, 1.807) is 17.5 Å². The second-order valence-electron chi connectivity index (χ2n) is 3.69. The molecular weight excluding hydrogens is 228 g/mol. The molecule has 0 radical (unpaired) electrons. The quantitative estimate of drug-likeness (QED) is 0.804. The molecule has 15 heavy (non-hydrogen) atoms. The Balaban J connectivity index is 1.60. The summed E-state index contributed by atoms with van der Waals surface area (Å²) in [5.41, 5.74) is 0. The van der Waals surface area contributed by atoms with Crippen LogP contribution in [0.25, 0.3) is 0 Å². The van der Waals surface area contributed by atoms with Crippen molar-refractivity contribution in [3.05, 3.63) is 11.6 Å².